The standard InChI is InChI=1S/C20H22FNO4/c1-4-18(14-7-5-13(2)6-8-14)22-19(23)12-26-20(24)16-10-9-15(25-3)11-17(16)21/h5-11,18H,4,12H2,1-3H3,(H,22,23)/t18-/m1/s1. The number of nitrogens with one attached hydrogen (secondary N) is 1. The van der Waals surface area contributed by atoms with Crippen LogP contribution in [0.2, 0.25) is 0 Å². The van der Waals surface area contributed by atoms with Crippen molar-refractivity contribution in [1.29, 1.82) is 0 Å². The van der Waals surface area contributed by atoms with Crippen LogP contribution in [0.1, 0.15) is 40.9 Å². The molecule has 2 aromatic carbocycles. The van der Waals surface area contributed by atoms with E-state index >= 15 is 0 Å². The third-order valence-corrected chi connectivity index (χ3v) is 3.95. The van der Waals surface area contributed by atoms with E-state index in [2.05, 4.69) is 5.32 Å². The Kier molecular flexibility index (Phi) is 6.72. The SMILES string of the molecule is CC[C@@H](NC(=O)COC(=O)c1ccc(OC)cc1F)c1ccc(C)cc1. The summed E-state index contributed by atoms with van der Waals surface area (Å²) in [6, 6.07) is 11.4. The van der Waals surface area contributed by atoms with Gasteiger partial charge in [-0.2, -0.15) is 0 Å². The summed E-state index contributed by atoms with van der Waals surface area (Å²) in [6.45, 7) is 3.46. The van der Waals surface area contributed by atoms with Gasteiger partial charge in [0, 0.05) is 6.07 Å². The van der Waals surface area contributed by atoms with Crippen LogP contribution in [-0.2, 0) is 9.53 Å². The molecule has 0 aliphatic carbocycles. The molecule has 0 fully saturated rings. The van der Waals surface area contributed by atoms with Crippen LogP contribution in [0.25, 0.3) is 0 Å². The van der Waals surface area contributed by atoms with E-state index in [0.717, 1.165) is 17.2 Å². The molecule has 26 heavy (non-hydrogen) atoms. The molecule has 0 saturated heterocycles. The van der Waals surface area contributed by atoms with E-state index in [0.29, 0.717) is 12.2 Å². The first-order chi connectivity index (χ1) is 12.4. The summed E-state index contributed by atoms with van der Waals surface area (Å²) in [5.41, 5.74) is 1.86. The van der Waals surface area contributed by atoms with Crippen molar-refractivity contribution in [1.82, 2.24) is 5.32 Å². The van der Waals surface area contributed by atoms with Gasteiger partial charge in [0.05, 0.1) is 18.7 Å². The van der Waals surface area contributed by atoms with Crippen LogP contribution in [0.3, 0.4) is 0 Å². The molecule has 5 nitrogen and oxygen atoms in total. The lowest BCUT2D eigenvalue weighted by molar-refractivity contribution is -0.125. The van der Waals surface area contributed by atoms with Gasteiger partial charge in [-0.3, -0.25) is 4.79 Å². The quantitative estimate of drug-likeness (QED) is 0.768. The molecule has 138 valence electrons. The normalized spacial score (nSPS) is 11.5. The summed E-state index contributed by atoms with van der Waals surface area (Å²) in [6.07, 6.45) is 0.690. The highest BCUT2D eigenvalue weighted by molar-refractivity contribution is 5.91. The molecule has 6 heteroatoms. The third-order valence-electron chi connectivity index (χ3n) is 3.95. The zero-order chi connectivity index (χ0) is 19.1. The molecule has 0 aromatic heterocycles. The second-order valence-electron chi connectivity index (χ2n) is 5.86. The molecule has 2 aromatic rings. The van der Waals surface area contributed by atoms with Gasteiger partial charge in [-0.25, -0.2) is 9.18 Å². The molecule has 0 heterocycles. The minimum absolute atomic E-state index is 0.181. The first kappa shape index (κ1) is 19.4. The van der Waals surface area contributed by atoms with E-state index < -0.39 is 24.3 Å². The second-order valence-corrected chi connectivity index (χ2v) is 5.86. The van der Waals surface area contributed by atoms with E-state index in [4.69, 9.17) is 9.47 Å². The molecular weight excluding hydrogens is 337 g/mol. The molecule has 0 spiro atoms. The number of aryl methyl sites for hydroxylation is 1. The predicted octanol–water partition coefficient (Wildman–Crippen LogP) is 3.57. The molecule has 0 aliphatic heterocycles. The Bertz CT molecular complexity index is 774. The smallest absolute Gasteiger partial charge is 0.341 e. The van der Waals surface area contributed by atoms with Crippen molar-refractivity contribution < 1.29 is 23.5 Å². The summed E-state index contributed by atoms with van der Waals surface area (Å²) in [5.74, 6) is -1.81. The topological polar surface area (TPSA) is 64.6 Å². The minimum atomic E-state index is -0.899. The Labute approximate surface area is 152 Å². The zero-order valence-corrected chi connectivity index (χ0v) is 15.0. The van der Waals surface area contributed by atoms with Gasteiger partial charge in [-0.05, 0) is 31.0 Å². The lowest BCUT2D eigenvalue weighted by Crippen LogP contribution is -2.32. The van der Waals surface area contributed by atoms with Crippen molar-refractivity contribution in [2.45, 2.75) is 26.3 Å². The number of rotatable bonds is 7. The monoisotopic (exact) mass is 359 g/mol. The molecular formula is C20H22FNO4. The van der Waals surface area contributed by atoms with Crippen LogP contribution in [-0.4, -0.2) is 25.6 Å². The van der Waals surface area contributed by atoms with Crippen molar-refractivity contribution in [3.05, 3.63) is 65.0 Å². The van der Waals surface area contributed by atoms with Gasteiger partial charge < -0.3 is 14.8 Å². The highest BCUT2D eigenvalue weighted by Crippen LogP contribution is 2.18. The van der Waals surface area contributed by atoms with Gasteiger partial charge in [-0.1, -0.05) is 36.8 Å². The Morgan fingerprint density at radius 2 is 1.85 bits per heavy atom. The van der Waals surface area contributed by atoms with Crippen molar-refractivity contribution in [2.75, 3.05) is 13.7 Å². The number of halogens is 1. The summed E-state index contributed by atoms with van der Waals surface area (Å²) < 4.78 is 23.6. The number of carbonyl (C=O) groups excluding carboxylic acids is 2. The number of ether oxygens (including phenoxy) is 2. The van der Waals surface area contributed by atoms with Gasteiger partial charge in [0.1, 0.15) is 11.6 Å². The van der Waals surface area contributed by atoms with Crippen LogP contribution in [0.4, 0.5) is 4.39 Å². The maximum absolute atomic E-state index is 13.8. The van der Waals surface area contributed by atoms with E-state index in [1.807, 2.05) is 38.1 Å². The second kappa shape index (κ2) is 8.99. The van der Waals surface area contributed by atoms with E-state index in [1.165, 1.54) is 19.2 Å². The van der Waals surface area contributed by atoms with Crippen molar-refractivity contribution in [2.24, 2.45) is 0 Å². The first-order valence-electron chi connectivity index (χ1n) is 8.31. The Morgan fingerprint density at radius 3 is 2.42 bits per heavy atom. The van der Waals surface area contributed by atoms with Crippen molar-refractivity contribution in [3.63, 3.8) is 0 Å². The Balaban J connectivity index is 1.93. The Morgan fingerprint density at radius 1 is 1.15 bits per heavy atom. The van der Waals surface area contributed by atoms with Crippen LogP contribution in [0.15, 0.2) is 42.5 Å². The predicted molar refractivity (Wildman–Crippen MR) is 95.6 cm³/mol. The fraction of sp³-hybridized carbons (Fsp3) is 0.300. The highest BCUT2D eigenvalue weighted by atomic mass is 19.1. The number of hydrogen-bond acceptors (Lipinski definition) is 4. The summed E-state index contributed by atoms with van der Waals surface area (Å²) in [4.78, 5) is 24.0. The summed E-state index contributed by atoms with van der Waals surface area (Å²) in [7, 11) is 1.40. The number of benzene rings is 2. The average Bonchev–Trinajstić information content (AvgIpc) is 2.64. The maximum Gasteiger partial charge on any atom is 0.341 e. The molecule has 0 radical (unpaired) electrons. The number of hydrogen-bond donors (Lipinski definition) is 1. The van der Waals surface area contributed by atoms with Gasteiger partial charge in [0.2, 0.25) is 0 Å². The van der Waals surface area contributed by atoms with E-state index in [9.17, 15) is 14.0 Å². The van der Waals surface area contributed by atoms with Crippen LogP contribution >= 0.6 is 0 Å². The largest absolute Gasteiger partial charge is 0.497 e. The Hall–Kier alpha value is -2.89. The minimum Gasteiger partial charge on any atom is -0.497 e. The number of esters is 1. The van der Waals surface area contributed by atoms with Crippen molar-refractivity contribution in [3.8, 4) is 5.75 Å². The fourth-order valence-electron chi connectivity index (χ4n) is 2.45. The molecule has 1 N–H and O–H groups in total. The average molecular weight is 359 g/mol. The lowest BCUT2D eigenvalue weighted by atomic mass is 10.0. The molecule has 0 bridgehead atoms. The first-order valence-corrected chi connectivity index (χ1v) is 8.31. The molecule has 1 amide bonds. The summed E-state index contributed by atoms with van der Waals surface area (Å²) in [5, 5.41) is 2.81. The molecule has 0 unspecified atom stereocenters. The van der Waals surface area contributed by atoms with Gasteiger partial charge >= 0.3 is 5.97 Å². The molecule has 0 aliphatic rings. The van der Waals surface area contributed by atoms with Crippen molar-refractivity contribution >= 4 is 11.9 Å². The summed E-state index contributed by atoms with van der Waals surface area (Å²) >= 11 is 0. The number of carbonyl (C=O) groups is 2. The maximum atomic E-state index is 13.8. The number of methoxy groups -OCH3 is 1. The van der Waals surface area contributed by atoms with Gasteiger partial charge in [0.15, 0.2) is 6.61 Å². The van der Waals surface area contributed by atoms with Crippen LogP contribution in [0.5, 0.6) is 5.75 Å². The molecule has 2 rings (SSSR count). The van der Waals surface area contributed by atoms with Crippen LogP contribution in [0, 0.1) is 12.7 Å². The van der Waals surface area contributed by atoms with Gasteiger partial charge in [-0.15, -0.1) is 0 Å². The van der Waals surface area contributed by atoms with Crippen LogP contribution < -0.4 is 10.1 Å². The fourth-order valence-corrected chi connectivity index (χ4v) is 2.45. The lowest BCUT2D eigenvalue weighted by Gasteiger charge is -2.17. The third kappa shape index (κ3) is 5.05. The van der Waals surface area contributed by atoms with E-state index in [1.54, 1.807) is 0 Å². The van der Waals surface area contributed by atoms with E-state index in [-0.39, 0.29) is 11.6 Å². The molecule has 1 atom stereocenters. The molecule has 0 saturated carbocycles. The zero-order valence-electron chi connectivity index (χ0n) is 15.0. The number of amides is 1. The van der Waals surface area contributed by atoms with Gasteiger partial charge in [0.25, 0.3) is 5.91 Å². The highest BCUT2D eigenvalue weighted by Gasteiger charge is 2.17.